The zero-order valence-corrected chi connectivity index (χ0v) is 16.8. The molecule has 1 atom stereocenters. The Bertz CT molecular complexity index is 1100. The number of morpholine rings is 1. The van der Waals surface area contributed by atoms with Crippen LogP contribution in [0.25, 0.3) is 22.2 Å². The van der Waals surface area contributed by atoms with Crippen LogP contribution in [0.15, 0.2) is 84.9 Å². The lowest BCUT2D eigenvalue weighted by Crippen LogP contribution is -2.39. The molecule has 5 rings (SSSR count). The molecule has 1 aromatic heterocycles. The summed E-state index contributed by atoms with van der Waals surface area (Å²) in [6.45, 7) is 3.46. The van der Waals surface area contributed by atoms with Crippen molar-refractivity contribution in [3.63, 3.8) is 0 Å². The molecule has 0 amide bonds. The third kappa shape index (κ3) is 3.27. The Balaban J connectivity index is 1.81. The topological polar surface area (TPSA) is 17.4 Å². The van der Waals surface area contributed by atoms with Gasteiger partial charge in [0.25, 0.3) is 0 Å². The van der Waals surface area contributed by atoms with E-state index in [1.807, 2.05) is 0 Å². The van der Waals surface area contributed by atoms with Crippen LogP contribution in [-0.4, -0.2) is 35.8 Å². The highest BCUT2D eigenvalue weighted by Gasteiger charge is 2.30. The van der Waals surface area contributed by atoms with Crippen molar-refractivity contribution in [1.82, 2.24) is 9.47 Å². The normalized spacial score (nSPS) is 16.2. The second kappa shape index (κ2) is 7.86. The molecule has 0 saturated carbocycles. The van der Waals surface area contributed by atoms with Gasteiger partial charge in [-0.3, -0.25) is 4.90 Å². The van der Waals surface area contributed by atoms with E-state index in [-0.39, 0.29) is 6.04 Å². The third-order valence-corrected chi connectivity index (χ3v) is 5.99. The smallest absolute Gasteiger partial charge is 0.0631 e. The fourth-order valence-corrected chi connectivity index (χ4v) is 4.68. The average Bonchev–Trinajstić information content (AvgIpc) is 3.09. The Morgan fingerprint density at radius 3 is 2.10 bits per heavy atom. The van der Waals surface area contributed by atoms with Gasteiger partial charge in [-0.2, -0.15) is 0 Å². The van der Waals surface area contributed by atoms with Gasteiger partial charge in [0.05, 0.1) is 24.9 Å². The monoisotopic (exact) mass is 382 g/mol. The second-order valence-corrected chi connectivity index (χ2v) is 7.67. The summed E-state index contributed by atoms with van der Waals surface area (Å²) in [5.74, 6) is 0. The number of fused-ring (bicyclic) bond motifs is 1. The lowest BCUT2D eigenvalue weighted by atomic mass is 9.92. The average molecular weight is 383 g/mol. The molecule has 146 valence electrons. The van der Waals surface area contributed by atoms with Crippen molar-refractivity contribution in [2.75, 3.05) is 26.3 Å². The van der Waals surface area contributed by atoms with Crippen molar-refractivity contribution >= 4 is 10.9 Å². The Morgan fingerprint density at radius 2 is 1.38 bits per heavy atom. The van der Waals surface area contributed by atoms with Crippen molar-refractivity contribution in [1.29, 1.82) is 0 Å². The highest BCUT2D eigenvalue weighted by Crippen LogP contribution is 2.42. The van der Waals surface area contributed by atoms with Crippen LogP contribution in [0, 0.1) is 0 Å². The molecule has 29 heavy (non-hydrogen) atoms. The first kappa shape index (κ1) is 18.2. The molecule has 3 nitrogen and oxygen atoms in total. The van der Waals surface area contributed by atoms with Crippen LogP contribution in [0.3, 0.4) is 0 Å². The summed E-state index contributed by atoms with van der Waals surface area (Å²) in [6.07, 6.45) is 0. The van der Waals surface area contributed by atoms with Gasteiger partial charge in [-0.05, 0) is 17.2 Å². The Hall–Kier alpha value is -2.88. The van der Waals surface area contributed by atoms with Crippen LogP contribution in [0.4, 0.5) is 0 Å². The van der Waals surface area contributed by atoms with E-state index in [0.29, 0.717) is 0 Å². The standard InChI is InChI=1S/C26H26N2O/c1-27-23-15-9-8-14-22(23)24(25(27)20-10-4-2-5-11-20)26(21-12-6-3-7-13-21)28-16-18-29-19-17-28/h2-15,26H,16-19H2,1H3. The zero-order chi connectivity index (χ0) is 19.6. The molecular weight excluding hydrogens is 356 g/mol. The van der Waals surface area contributed by atoms with Gasteiger partial charge in [-0.25, -0.2) is 0 Å². The molecule has 0 radical (unpaired) electrons. The molecule has 1 unspecified atom stereocenters. The van der Waals surface area contributed by atoms with Crippen molar-refractivity contribution in [2.24, 2.45) is 7.05 Å². The second-order valence-electron chi connectivity index (χ2n) is 7.67. The summed E-state index contributed by atoms with van der Waals surface area (Å²) in [4.78, 5) is 2.58. The lowest BCUT2D eigenvalue weighted by molar-refractivity contribution is 0.0243. The van der Waals surface area contributed by atoms with Crippen LogP contribution in [-0.2, 0) is 11.8 Å². The number of benzene rings is 3. The number of aromatic nitrogens is 1. The van der Waals surface area contributed by atoms with Crippen molar-refractivity contribution in [2.45, 2.75) is 6.04 Å². The largest absolute Gasteiger partial charge is 0.379 e. The molecule has 1 saturated heterocycles. The minimum Gasteiger partial charge on any atom is -0.379 e. The third-order valence-electron chi connectivity index (χ3n) is 5.99. The quantitative estimate of drug-likeness (QED) is 0.479. The van der Waals surface area contributed by atoms with Crippen molar-refractivity contribution < 1.29 is 4.74 Å². The lowest BCUT2D eigenvalue weighted by Gasteiger charge is -2.35. The molecule has 1 aliphatic heterocycles. The molecule has 2 heterocycles. The molecule has 0 bridgehead atoms. The Kier molecular flexibility index (Phi) is 4.92. The summed E-state index contributed by atoms with van der Waals surface area (Å²) in [5.41, 5.74) is 6.56. The van der Waals surface area contributed by atoms with Gasteiger partial charge in [0, 0.05) is 36.6 Å². The molecule has 3 heteroatoms. The van der Waals surface area contributed by atoms with Gasteiger partial charge in [0.15, 0.2) is 0 Å². The van der Waals surface area contributed by atoms with E-state index in [0.717, 1.165) is 26.3 Å². The molecule has 0 N–H and O–H groups in total. The number of ether oxygens (including phenoxy) is 1. The molecule has 0 spiro atoms. The molecular formula is C26H26N2O. The van der Waals surface area contributed by atoms with Crippen LogP contribution in [0.1, 0.15) is 17.2 Å². The highest BCUT2D eigenvalue weighted by molar-refractivity contribution is 5.92. The van der Waals surface area contributed by atoms with Crippen LogP contribution < -0.4 is 0 Å². The first-order valence-corrected chi connectivity index (χ1v) is 10.3. The van der Waals surface area contributed by atoms with Crippen LogP contribution in [0.5, 0.6) is 0 Å². The molecule has 3 aromatic carbocycles. The minimum absolute atomic E-state index is 0.196. The zero-order valence-electron chi connectivity index (χ0n) is 16.8. The molecule has 1 aliphatic rings. The summed E-state index contributed by atoms with van der Waals surface area (Å²) in [7, 11) is 2.19. The summed E-state index contributed by atoms with van der Waals surface area (Å²) < 4.78 is 8.04. The van der Waals surface area contributed by atoms with Gasteiger partial charge in [0.2, 0.25) is 0 Å². The van der Waals surface area contributed by atoms with E-state index in [1.54, 1.807) is 0 Å². The van der Waals surface area contributed by atoms with Crippen molar-refractivity contribution in [3.05, 3.63) is 96.1 Å². The Labute approximate surface area is 172 Å². The first-order valence-electron chi connectivity index (χ1n) is 10.3. The minimum atomic E-state index is 0.196. The first-order chi connectivity index (χ1) is 14.3. The van der Waals surface area contributed by atoms with Crippen LogP contribution >= 0.6 is 0 Å². The Morgan fingerprint density at radius 1 is 0.759 bits per heavy atom. The maximum absolute atomic E-state index is 5.68. The number of hydrogen-bond acceptors (Lipinski definition) is 2. The van der Waals surface area contributed by atoms with E-state index in [9.17, 15) is 0 Å². The number of rotatable bonds is 4. The maximum Gasteiger partial charge on any atom is 0.0631 e. The van der Waals surface area contributed by atoms with Gasteiger partial charge in [-0.1, -0.05) is 78.9 Å². The SMILES string of the molecule is Cn1c(-c2ccccc2)c(C(c2ccccc2)N2CCOCC2)c2ccccc21. The fraction of sp³-hybridized carbons (Fsp3) is 0.231. The van der Waals surface area contributed by atoms with Gasteiger partial charge in [-0.15, -0.1) is 0 Å². The van der Waals surface area contributed by atoms with E-state index in [2.05, 4.69) is 101 Å². The van der Waals surface area contributed by atoms with E-state index in [1.165, 1.54) is 33.3 Å². The number of nitrogens with zero attached hydrogens (tertiary/aromatic N) is 2. The highest BCUT2D eigenvalue weighted by atomic mass is 16.5. The van der Waals surface area contributed by atoms with E-state index < -0.39 is 0 Å². The fourth-order valence-electron chi connectivity index (χ4n) is 4.68. The summed E-state index contributed by atoms with van der Waals surface area (Å²) in [6, 6.07) is 30.7. The van der Waals surface area contributed by atoms with Gasteiger partial charge >= 0.3 is 0 Å². The number of hydrogen-bond donors (Lipinski definition) is 0. The van der Waals surface area contributed by atoms with Crippen molar-refractivity contribution in [3.8, 4) is 11.3 Å². The molecule has 4 aromatic rings. The predicted molar refractivity (Wildman–Crippen MR) is 119 cm³/mol. The predicted octanol–water partition coefficient (Wildman–Crippen LogP) is 5.27. The number of aryl methyl sites for hydroxylation is 1. The summed E-state index contributed by atoms with van der Waals surface area (Å²) >= 11 is 0. The molecule has 0 aliphatic carbocycles. The maximum atomic E-state index is 5.68. The van der Waals surface area contributed by atoms with Gasteiger partial charge < -0.3 is 9.30 Å². The van der Waals surface area contributed by atoms with Crippen LogP contribution in [0.2, 0.25) is 0 Å². The summed E-state index contributed by atoms with van der Waals surface area (Å²) in [5, 5.41) is 1.33. The van der Waals surface area contributed by atoms with E-state index in [4.69, 9.17) is 4.74 Å². The van der Waals surface area contributed by atoms with Gasteiger partial charge in [0.1, 0.15) is 0 Å². The molecule has 1 fully saturated rings. The number of para-hydroxylation sites is 1. The van der Waals surface area contributed by atoms with E-state index >= 15 is 0 Å².